The van der Waals surface area contributed by atoms with Gasteiger partial charge in [0.1, 0.15) is 6.61 Å². The van der Waals surface area contributed by atoms with E-state index in [4.69, 9.17) is 9.47 Å². The van der Waals surface area contributed by atoms with Crippen LogP contribution in [0, 0.1) is 0 Å². The highest BCUT2D eigenvalue weighted by molar-refractivity contribution is 9.11. The Bertz CT molecular complexity index is 812. The Balaban J connectivity index is 1.50. The van der Waals surface area contributed by atoms with Crippen LogP contribution in [0.1, 0.15) is 53.8 Å². The van der Waals surface area contributed by atoms with E-state index in [0.29, 0.717) is 35.8 Å². The number of halogens is 1. The second kappa shape index (κ2) is 8.23. The fourth-order valence-electron chi connectivity index (χ4n) is 3.81. The molecule has 0 N–H and O–H groups in total. The SMILES string of the molecule is COc1cc(C(=O)N(C2CCCC2)C2CC2)ccc1OCc1ccc(Br)s1. The molecule has 4 nitrogen and oxygen atoms in total. The predicted molar refractivity (Wildman–Crippen MR) is 111 cm³/mol. The summed E-state index contributed by atoms with van der Waals surface area (Å²) in [6, 6.07) is 10.4. The molecule has 2 fully saturated rings. The predicted octanol–water partition coefficient (Wildman–Crippen LogP) is 5.65. The van der Waals surface area contributed by atoms with Crippen molar-refractivity contribution in [3.05, 3.63) is 44.6 Å². The minimum Gasteiger partial charge on any atom is -0.493 e. The summed E-state index contributed by atoms with van der Waals surface area (Å²) in [4.78, 5) is 16.5. The fourth-order valence-corrected chi connectivity index (χ4v) is 5.21. The molecule has 1 aromatic heterocycles. The van der Waals surface area contributed by atoms with Crippen LogP contribution < -0.4 is 9.47 Å². The number of benzene rings is 1. The first kappa shape index (κ1) is 18.8. The Morgan fingerprint density at radius 2 is 1.85 bits per heavy atom. The lowest BCUT2D eigenvalue weighted by atomic mass is 10.1. The van der Waals surface area contributed by atoms with Gasteiger partial charge in [-0.25, -0.2) is 0 Å². The normalized spacial score (nSPS) is 17.1. The van der Waals surface area contributed by atoms with E-state index in [1.165, 1.54) is 12.8 Å². The molecule has 1 amide bonds. The molecule has 1 heterocycles. The van der Waals surface area contributed by atoms with Gasteiger partial charge in [-0.1, -0.05) is 12.8 Å². The van der Waals surface area contributed by atoms with Gasteiger partial charge in [0.2, 0.25) is 0 Å². The van der Waals surface area contributed by atoms with Crippen LogP contribution in [0.5, 0.6) is 11.5 Å². The summed E-state index contributed by atoms with van der Waals surface area (Å²) in [5.41, 5.74) is 0.692. The van der Waals surface area contributed by atoms with E-state index in [9.17, 15) is 4.79 Å². The lowest BCUT2D eigenvalue weighted by Crippen LogP contribution is -2.40. The van der Waals surface area contributed by atoms with Gasteiger partial charge in [-0.3, -0.25) is 4.79 Å². The molecule has 0 unspecified atom stereocenters. The third-order valence-electron chi connectivity index (χ3n) is 5.30. The molecule has 4 rings (SSSR count). The lowest BCUT2D eigenvalue weighted by molar-refractivity contribution is 0.0664. The van der Waals surface area contributed by atoms with E-state index in [1.54, 1.807) is 18.4 Å². The highest BCUT2D eigenvalue weighted by Crippen LogP contribution is 2.37. The van der Waals surface area contributed by atoms with Crippen LogP contribution in [0.25, 0.3) is 0 Å². The molecule has 0 saturated heterocycles. The first-order valence-electron chi connectivity index (χ1n) is 9.53. The zero-order valence-electron chi connectivity index (χ0n) is 15.4. The molecule has 144 valence electrons. The van der Waals surface area contributed by atoms with E-state index in [1.807, 2.05) is 30.3 Å². The van der Waals surface area contributed by atoms with E-state index < -0.39 is 0 Å². The highest BCUT2D eigenvalue weighted by Gasteiger charge is 2.38. The summed E-state index contributed by atoms with van der Waals surface area (Å²) in [6.07, 6.45) is 7.01. The van der Waals surface area contributed by atoms with E-state index in [0.717, 1.165) is 34.3 Å². The van der Waals surface area contributed by atoms with Crippen molar-refractivity contribution in [1.82, 2.24) is 4.90 Å². The molecular weight excluding hydrogens is 426 g/mol. The number of carbonyl (C=O) groups excluding carboxylic acids is 1. The van der Waals surface area contributed by atoms with Gasteiger partial charge >= 0.3 is 0 Å². The number of thiophene rings is 1. The third kappa shape index (κ3) is 4.32. The average molecular weight is 450 g/mol. The van der Waals surface area contributed by atoms with Gasteiger partial charge < -0.3 is 14.4 Å². The van der Waals surface area contributed by atoms with Crippen molar-refractivity contribution in [2.45, 2.75) is 57.2 Å². The molecular formula is C21H24BrNO3S. The minimum atomic E-state index is 0.136. The van der Waals surface area contributed by atoms with Crippen molar-refractivity contribution >= 4 is 33.2 Å². The Hall–Kier alpha value is -1.53. The molecule has 0 radical (unpaired) electrons. The van der Waals surface area contributed by atoms with Crippen molar-refractivity contribution < 1.29 is 14.3 Å². The van der Waals surface area contributed by atoms with Crippen LogP contribution in [0.2, 0.25) is 0 Å². The van der Waals surface area contributed by atoms with E-state index >= 15 is 0 Å². The third-order valence-corrected chi connectivity index (χ3v) is 6.90. The van der Waals surface area contributed by atoms with Crippen LogP contribution in [-0.4, -0.2) is 30.0 Å². The Morgan fingerprint density at radius 3 is 2.48 bits per heavy atom. The molecule has 0 bridgehead atoms. The first-order valence-corrected chi connectivity index (χ1v) is 11.1. The van der Waals surface area contributed by atoms with Crippen LogP contribution in [0.3, 0.4) is 0 Å². The van der Waals surface area contributed by atoms with Crippen LogP contribution in [0.15, 0.2) is 34.1 Å². The van der Waals surface area contributed by atoms with Crippen LogP contribution >= 0.6 is 27.3 Å². The van der Waals surface area contributed by atoms with Gasteiger partial charge in [-0.15, -0.1) is 11.3 Å². The van der Waals surface area contributed by atoms with Crippen molar-refractivity contribution in [1.29, 1.82) is 0 Å². The van der Waals surface area contributed by atoms with Gasteiger partial charge in [-0.05, 0) is 71.9 Å². The number of amides is 1. The Morgan fingerprint density at radius 1 is 1.11 bits per heavy atom. The number of ether oxygens (including phenoxy) is 2. The average Bonchev–Trinajstić information content (AvgIpc) is 3.18. The van der Waals surface area contributed by atoms with Gasteiger partial charge in [0.05, 0.1) is 10.9 Å². The molecule has 27 heavy (non-hydrogen) atoms. The van der Waals surface area contributed by atoms with Crippen molar-refractivity contribution in [2.24, 2.45) is 0 Å². The van der Waals surface area contributed by atoms with Gasteiger partial charge in [0.25, 0.3) is 5.91 Å². The maximum Gasteiger partial charge on any atom is 0.254 e. The summed E-state index contributed by atoms with van der Waals surface area (Å²) >= 11 is 5.11. The molecule has 0 atom stereocenters. The molecule has 2 aliphatic rings. The number of carbonyl (C=O) groups is 1. The summed E-state index contributed by atoms with van der Waals surface area (Å²) < 4.78 is 12.5. The van der Waals surface area contributed by atoms with Crippen molar-refractivity contribution in [2.75, 3.05) is 7.11 Å². The molecule has 2 aromatic rings. The number of nitrogens with zero attached hydrogens (tertiary/aromatic N) is 1. The fraction of sp³-hybridized carbons (Fsp3) is 0.476. The smallest absolute Gasteiger partial charge is 0.254 e. The second-order valence-electron chi connectivity index (χ2n) is 7.24. The van der Waals surface area contributed by atoms with Crippen molar-refractivity contribution in [3.8, 4) is 11.5 Å². The number of hydrogen-bond acceptors (Lipinski definition) is 4. The molecule has 6 heteroatoms. The van der Waals surface area contributed by atoms with Gasteiger partial charge in [-0.2, -0.15) is 0 Å². The number of methoxy groups -OCH3 is 1. The summed E-state index contributed by atoms with van der Waals surface area (Å²) in [5.74, 6) is 1.41. The molecule has 2 saturated carbocycles. The van der Waals surface area contributed by atoms with Crippen LogP contribution in [0.4, 0.5) is 0 Å². The zero-order chi connectivity index (χ0) is 18.8. The Labute approximate surface area is 172 Å². The maximum absolute atomic E-state index is 13.2. The summed E-state index contributed by atoms with van der Waals surface area (Å²) in [6.45, 7) is 0.482. The maximum atomic E-state index is 13.2. The van der Waals surface area contributed by atoms with E-state index in [-0.39, 0.29) is 5.91 Å². The largest absolute Gasteiger partial charge is 0.493 e. The topological polar surface area (TPSA) is 38.8 Å². The molecule has 0 spiro atoms. The zero-order valence-corrected chi connectivity index (χ0v) is 17.9. The van der Waals surface area contributed by atoms with Gasteiger partial charge in [0, 0.05) is 22.5 Å². The number of rotatable bonds is 7. The Kier molecular flexibility index (Phi) is 5.74. The first-order chi connectivity index (χ1) is 13.2. The minimum absolute atomic E-state index is 0.136. The molecule has 1 aromatic carbocycles. The lowest BCUT2D eigenvalue weighted by Gasteiger charge is -2.29. The van der Waals surface area contributed by atoms with E-state index in [2.05, 4.69) is 20.8 Å². The monoisotopic (exact) mass is 449 g/mol. The number of hydrogen-bond donors (Lipinski definition) is 0. The van der Waals surface area contributed by atoms with Gasteiger partial charge in [0.15, 0.2) is 11.5 Å². The summed E-state index contributed by atoms with van der Waals surface area (Å²) in [5, 5.41) is 0. The van der Waals surface area contributed by atoms with Crippen LogP contribution in [-0.2, 0) is 6.61 Å². The standard InChI is InChI=1S/C21H24BrNO3S/c1-25-19-12-14(6-10-18(19)26-13-17-9-11-20(22)27-17)21(24)23(16-7-8-16)15-4-2-3-5-15/h6,9-12,15-16H,2-5,7-8,13H2,1H3. The van der Waals surface area contributed by atoms with Crippen molar-refractivity contribution in [3.63, 3.8) is 0 Å². The highest BCUT2D eigenvalue weighted by atomic mass is 79.9. The summed E-state index contributed by atoms with van der Waals surface area (Å²) in [7, 11) is 1.62. The quantitative estimate of drug-likeness (QED) is 0.548. The second-order valence-corrected chi connectivity index (χ2v) is 9.79. The molecule has 0 aliphatic heterocycles. The molecule has 2 aliphatic carbocycles.